The number of anilines is 1. The van der Waals surface area contributed by atoms with Crippen LogP contribution in [0.4, 0.5) is 23.2 Å². The van der Waals surface area contributed by atoms with Crippen LogP contribution in [0.2, 0.25) is 0 Å². The van der Waals surface area contributed by atoms with Crippen molar-refractivity contribution in [3.8, 4) is 17.2 Å². The van der Waals surface area contributed by atoms with E-state index in [-0.39, 0.29) is 44.5 Å². The Kier molecular flexibility index (Phi) is 6.12. The van der Waals surface area contributed by atoms with Crippen LogP contribution in [0.15, 0.2) is 46.1 Å². The molecule has 0 saturated heterocycles. The van der Waals surface area contributed by atoms with Gasteiger partial charge in [0.05, 0.1) is 23.5 Å². The third-order valence-electron chi connectivity index (χ3n) is 4.32. The molecule has 0 aliphatic rings. The second kappa shape index (κ2) is 8.49. The van der Waals surface area contributed by atoms with Crippen molar-refractivity contribution in [1.29, 1.82) is 0 Å². The predicted molar refractivity (Wildman–Crippen MR) is 109 cm³/mol. The summed E-state index contributed by atoms with van der Waals surface area (Å²) in [5, 5.41) is -0.513. The molecule has 8 nitrogen and oxygen atoms in total. The molecule has 168 valence electrons. The first kappa shape index (κ1) is 23.1. The minimum absolute atomic E-state index is 0.0619. The van der Waals surface area contributed by atoms with Crippen molar-refractivity contribution >= 4 is 23.4 Å². The Hall–Kier alpha value is -3.61. The molecule has 2 aromatic heterocycles. The van der Waals surface area contributed by atoms with Crippen LogP contribution in [-0.2, 0) is 24.4 Å². The van der Waals surface area contributed by atoms with Gasteiger partial charge < -0.3 is 10.5 Å². The highest BCUT2D eigenvalue weighted by Gasteiger charge is 2.35. The summed E-state index contributed by atoms with van der Waals surface area (Å²) in [7, 11) is 0.796. The van der Waals surface area contributed by atoms with Crippen molar-refractivity contribution < 1.29 is 27.1 Å². The number of halogens is 4. The molecule has 0 fully saturated rings. The predicted octanol–water partition coefficient (Wildman–Crippen LogP) is 2.46. The molecule has 0 spiro atoms. The summed E-state index contributed by atoms with van der Waals surface area (Å²) in [5.74, 6) is -1.31. The van der Waals surface area contributed by atoms with Crippen LogP contribution in [0.1, 0.15) is 11.4 Å². The molecule has 1 aromatic carbocycles. The summed E-state index contributed by atoms with van der Waals surface area (Å²) >= 11 is 3.68. The molecule has 0 aliphatic heterocycles. The van der Waals surface area contributed by atoms with Gasteiger partial charge in [0, 0.05) is 31.4 Å². The fourth-order valence-electron chi connectivity index (χ4n) is 2.85. The van der Waals surface area contributed by atoms with Gasteiger partial charge in [0.25, 0.3) is 5.56 Å². The molecular weight excluding hydrogens is 456 g/mol. The summed E-state index contributed by atoms with van der Waals surface area (Å²) in [6, 6.07) is 4.73. The Labute approximate surface area is 182 Å². The zero-order valence-corrected chi connectivity index (χ0v) is 17.1. The van der Waals surface area contributed by atoms with Crippen molar-refractivity contribution in [2.75, 3.05) is 5.73 Å². The lowest BCUT2D eigenvalue weighted by molar-refractivity contribution is -0.144. The molecule has 0 unspecified atom stereocenters. The van der Waals surface area contributed by atoms with Crippen molar-refractivity contribution in [2.24, 2.45) is 7.05 Å². The SMILES string of the molecule is Cn1c(C(F)(F)F)cc(=O)n(-c2cc(Oc3cccnc3CC(=O)S)c(N)cc2F)c1=O. The number of ether oxygens (including phenoxy) is 1. The molecule has 0 bridgehead atoms. The van der Waals surface area contributed by atoms with Gasteiger partial charge in [-0.15, -0.1) is 12.6 Å². The lowest BCUT2D eigenvalue weighted by atomic mass is 10.2. The van der Waals surface area contributed by atoms with Gasteiger partial charge in [-0.05, 0) is 12.1 Å². The summed E-state index contributed by atoms with van der Waals surface area (Å²) in [6.45, 7) is 0. The van der Waals surface area contributed by atoms with Gasteiger partial charge in [0.1, 0.15) is 17.3 Å². The molecule has 3 rings (SSSR count). The third kappa shape index (κ3) is 4.51. The number of nitrogen functional groups attached to an aromatic ring is 1. The molecule has 3 aromatic rings. The molecule has 0 radical (unpaired) electrons. The smallest absolute Gasteiger partial charge is 0.431 e. The van der Waals surface area contributed by atoms with E-state index in [4.69, 9.17) is 10.5 Å². The number of nitrogens with zero attached hydrogens (tertiary/aromatic N) is 3. The van der Waals surface area contributed by atoms with Crippen LogP contribution in [0, 0.1) is 5.82 Å². The largest absolute Gasteiger partial charge is 0.453 e. The number of hydrogen-bond donors (Lipinski definition) is 2. The average Bonchev–Trinajstić information content (AvgIpc) is 2.68. The summed E-state index contributed by atoms with van der Waals surface area (Å²) in [6.07, 6.45) is -3.78. The molecule has 0 amide bonds. The topological polar surface area (TPSA) is 109 Å². The number of pyridine rings is 1. The maximum atomic E-state index is 14.6. The third-order valence-corrected chi connectivity index (χ3v) is 4.48. The van der Waals surface area contributed by atoms with Gasteiger partial charge in [-0.25, -0.2) is 13.8 Å². The molecule has 0 saturated carbocycles. The summed E-state index contributed by atoms with van der Waals surface area (Å²) in [5.41, 5.74) is 0.705. The van der Waals surface area contributed by atoms with E-state index < -0.39 is 39.7 Å². The summed E-state index contributed by atoms with van der Waals surface area (Å²) in [4.78, 5) is 40.1. The normalized spacial score (nSPS) is 11.4. The van der Waals surface area contributed by atoms with E-state index in [1.54, 1.807) is 0 Å². The highest BCUT2D eigenvalue weighted by molar-refractivity contribution is 7.96. The first-order valence-electron chi connectivity index (χ1n) is 8.73. The minimum Gasteiger partial charge on any atom is -0.453 e. The Morgan fingerprint density at radius 2 is 1.91 bits per heavy atom. The van der Waals surface area contributed by atoms with E-state index in [9.17, 15) is 31.9 Å². The highest BCUT2D eigenvalue weighted by Crippen LogP contribution is 2.33. The van der Waals surface area contributed by atoms with Gasteiger partial charge in [0.15, 0.2) is 10.9 Å². The van der Waals surface area contributed by atoms with Gasteiger partial charge in [-0.3, -0.25) is 19.1 Å². The zero-order chi connectivity index (χ0) is 23.8. The van der Waals surface area contributed by atoms with Crippen molar-refractivity contribution in [2.45, 2.75) is 12.6 Å². The van der Waals surface area contributed by atoms with Gasteiger partial charge in [0.2, 0.25) is 0 Å². The standard InChI is InChI=1S/C19H14F4N4O4S/c1-26-15(19(21,22)23)8-16(28)27(18(26)30)12-7-14(10(24)5-9(12)20)31-13-3-2-4-25-11(13)6-17(29)32/h2-5,7-8H,6,24H2,1H3,(H,29,32). The van der Waals surface area contributed by atoms with Crippen LogP contribution in [0.5, 0.6) is 11.5 Å². The van der Waals surface area contributed by atoms with Crippen LogP contribution >= 0.6 is 12.6 Å². The number of benzene rings is 1. The second-order valence-corrected chi connectivity index (χ2v) is 7.00. The van der Waals surface area contributed by atoms with Crippen LogP contribution < -0.4 is 21.7 Å². The van der Waals surface area contributed by atoms with Crippen molar-refractivity contribution in [3.05, 3.63) is 74.6 Å². The Morgan fingerprint density at radius 3 is 2.53 bits per heavy atom. The van der Waals surface area contributed by atoms with E-state index in [2.05, 4.69) is 17.6 Å². The summed E-state index contributed by atoms with van der Waals surface area (Å²) < 4.78 is 59.8. The van der Waals surface area contributed by atoms with Gasteiger partial charge in [-0.2, -0.15) is 13.2 Å². The highest BCUT2D eigenvalue weighted by atomic mass is 32.1. The number of aromatic nitrogens is 3. The molecule has 2 heterocycles. The Bertz CT molecular complexity index is 1330. The molecule has 2 N–H and O–H groups in total. The zero-order valence-electron chi connectivity index (χ0n) is 16.2. The minimum atomic E-state index is -4.97. The van der Waals surface area contributed by atoms with E-state index in [1.165, 1.54) is 18.3 Å². The lowest BCUT2D eigenvalue weighted by Crippen LogP contribution is -2.41. The molecular formula is C19H14F4N4O4S. The first-order valence-corrected chi connectivity index (χ1v) is 9.18. The number of hydrogen-bond acceptors (Lipinski definition) is 6. The van der Waals surface area contributed by atoms with Gasteiger partial charge in [-0.1, -0.05) is 0 Å². The first-order chi connectivity index (χ1) is 14.9. The Balaban J connectivity index is 2.16. The quantitative estimate of drug-likeness (QED) is 0.337. The van der Waals surface area contributed by atoms with E-state index in [1.807, 2.05) is 0 Å². The second-order valence-electron chi connectivity index (χ2n) is 6.50. The van der Waals surface area contributed by atoms with E-state index in [0.29, 0.717) is 0 Å². The number of alkyl halides is 3. The number of carbonyl (C=O) groups excluding carboxylic acids is 1. The van der Waals surface area contributed by atoms with Crippen molar-refractivity contribution in [1.82, 2.24) is 14.1 Å². The average molecular weight is 470 g/mol. The fourth-order valence-corrected chi connectivity index (χ4v) is 3.00. The van der Waals surface area contributed by atoms with E-state index >= 15 is 0 Å². The maximum Gasteiger partial charge on any atom is 0.431 e. The molecule has 0 atom stereocenters. The monoisotopic (exact) mass is 470 g/mol. The molecule has 0 aliphatic carbocycles. The maximum absolute atomic E-state index is 14.6. The van der Waals surface area contributed by atoms with Crippen molar-refractivity contribution in [3.63, 3.8) is 0 Å². The molecule has 32 heavy (non-hydrogen) atoms. The molecule has 13 heteroatoms. The number of thiol groups is 1. The van der Waals surface area contributed by atoms with Crippen LogP contribution in [-0.4, -0.2) is 19.2 Å². The van der Waals surface area contributed by atoms with E-state index in [0.717, 1.165) is 19.2 Å². The number of carbonyl (C=O) groups is 1. The fraction of sp³-hybridized carbons (Fsp3) is 0.158. The number of nitrogens with two attached hydrogens (primary N) is 1. The Morgan fingerprint density at radius 1 is 1.22 bits per heavy atom. The van der Waals surface area contributed by atoms with Gasteiger partial charge >= 0.3 is 11.9 Å². The van der Waals surface area contributed by atoms with Crippen LogP contribution in [0.3, 0.4) is 0 Å². The lowest BCUT2D eigenvalue weighted by Gasteiger charge is -2.16. The van der Waals surface area contributed by atoms with Crippen LogP contribution in [0.25, 0.3) is 5.69 Å². The number of rotatable bonds is 5.